The quantitative estimate of drug-likeness (QED) is 0.700. The van der Waals surface area contributed by atoms with E-state index in [1.54, 1.807) is 24.3 Å². The summed E-state index contributed by atoms with van der Waals surface area (Å²) in [6.07, 6.45) is 1.50. The molecule has 2 amide bonds. The number of rotatable bonds is 5. The third-order valence-corrected chi connectivity index (χ3v) is 2.23. The van der Waals surface area contributed by atoms with Gasteiger partial charge in [-0.3, -0.25) is 9.59 Å². The molecule has 0 heterocycles. The third-order valence-electron chi connectivity index (χ3n) is 2.23. The van der Waals surface area contributed by atoms with Gasteiger partial charge in [0.1, 0.15) is 0 Å². The van der Waals surface area contributed by atoms with E-state index in [1.807, 2.05) is 13.8 Å². The van der Waals surface area contributed by atoms with Crippen LogP contribution in [0.2, 0.25) is 0 Å². The lowest BCUT2D eigenvalue weighted by molar-refractivity contribution is -0.111. The van der Waals surface area contributed by atoms with Crippen molar-refractivity contribution in [1.29, 1.82) is 0 Å². The standard InChI is InChI=1S/C14H18N2O3/c1-10(2)9-13(18)16-12-5-3-11(4-6-12)14(19)15-7-8-17/h3-6,9,17H,7-8H2,1-2H3,(H,15,19)(H,16,18). The molecule has 1 aromatic carbocycles. The summed E-state index contributed by atoms with van der Waals surface area (Å²) in [5, 5.41) is 13.9. The van der Waals surface area contributed by atoms with Gasteiger partial charge >= 0.3 is 0 Å². The third kappa shape index (κ3) is 5.35. The van der Waals surface area contributed by atoms with Gasteiger partial charge in [0.15, 0.2) is 0 Å². The molecular weight excluding hydrogens is 244 g/mol. The van der Waals surface area contributed by atoms with Gasteiger partial charge in [-0.15, -0.1) is 0 Å². The Morgan fingerprint density at radius 3 is 2.37 bits per heavy atom. The summed E-state index contributed by atoms with van der Waals surface area (Å²) < 4.78 is 0. The van der Waals surface area contributed by atoms with Crippen molar-refractivity contribution < 1.29 is 14.7 Å². The van der Waals surface area contributed by atoms with Crippen molar-refractivity contribution >= 4 is 17.5 Å². The van der Waals surface area contributed by atoms with Gasteiger partial charge in [0.25, 0.3) is 5.91 Å². The molecule has 0 saturated heterocycles. The Bertz CT molecular complexity index is 474. The minimum Gasteiger partial charge on any atom is -0.395 e. The lowest BCUT2D eigenvalue weighted by Crippen LogP contribution is -2.26. The number of hydrogen-bond donors (Lipinski definition) is 3. The van der Waals surface area contributed by atoms with Crippen LogP contribution in [0.25, 0.3) is 0 Å². The van der Waals surface area contributed by atoms with E-state index in [4.69, 9.17) is 5.11 Å². The second-order valence-electron chi connectivity index (χ2n) is 4.27. The number of hydrogen-bond acceptors (Lipinski definition) is 3. The van der Waals surface area contributed by atoms with E-state index >= 15 is 0 Å². The summed E-state index contributed by atoms with van der Waals surface area (Å²) in [6, 6.07) is 6.55. The van der Waals surface area contributed by atoms with E-state index in [-0.39, 0.29) is 25.0 Å². The van der Waals surface area contributed by atoms with Gasteiger partial charge in [-0.05, 0) is 38.1 Å². The topological polar surface area (TPSA) is 78.4 Å². The molecule has 19 heavy (non-hydrogen) atoms. The normalized spacial score (nSPS) is 9.63. The molecule has 0 saturated carbocycles. The first-order valence-corrected chi connectivity index (χ1v) is 5.98. The van der Waals surface area contributed by atoms with E-state index in [0.717, 1.165) is 5.57 Å². The van der Waals surface area contributed by atoms with Crippen molar-refractivity contribution in [2.75, 3.05) is 18.5 Å². The molecular formula is C14H18N2O3. The average Bonchev–Trinajstić information content (AvgIpc) is 2.35. The Morgan fingerprint density at radius 2 is 1.84 bits per heavy atom. The SMILES string of the molecule is CC(C)=CC(=O)Nc1ccc(C(=O)NCCO)cc1. The molecule has 3 N–H and O–H groups in total. The zero-order chi connectivity index (χ0) is 14.3. The number of nitrogens with one attached hydrogen (secondary N) is 2. The zero-order valence-electron chi connectivity index (χ0n) is 11.1. The fourth-order valence-corrected chi connectivity index (χ4v) is 1.42. The fraction of sp³-hybridized carbons (Fsp3) is 0.286. The van der Waals surface area contributed by atoms with E-state index in [2.05, 4.69) is 10.6 Å². The van der Waals surface area contributed by atoms with Crippen LogP contribution in [-0.2, 0) is 4.79 Å². The highest BCUT2D eigenvalue weighted by molar-refractivity contribution is 6.00. The molecule has 0 atom stereocenters. The van der Waals surface area contributed by atoms with Gasteiger partial charge in [0.05, 0.1) is 6.61 Å². The summed E-state index contributed by atoms with van der Waals surface area (Å²) in [5.74, 6) is -0.450. The Labute approximate surface area is 112 Å². The smallest absolute Gasteiger partial charge is 0.251 e. The molecule has 0 aromatic heterocycles. The lowest BCUT2D eigenvalue weighted by Gasteiger charge is -2.05. The van der Waals surface area contributed by atoms with E-state index in [9.17, 15) is 9.59 Å². The lowest BCUT2D eigenvalue weighted by atomic mass is 10.2. The molecule has 1 aromatic rings. The number of allylic oxidation sites excluding steroid dienone is 1. The largest absolute Gasteiger partial charge is 0.395 e. The highest BCUT2D eigenvalue weighted by Gasteiger charge is 2.05. The summed E-state index contributed by atoms with van der Waals surface area (Å²) in [7, 11) is 0. The summed E-state index contributed by atoms with van der Waals surface area (Å²) in [4.78, 5) is 23.1. The molecule has 0 aliphatic rings. The Kier molecular flexibility index (Phi) is 5.75. The van der Waals surface area contributed by atoms with Crippen molar-refractivity contribution in [3.8, 4) is 0 Å². The van der Waals surface area contributed by atoms with Gasteiger partial charge in [0.2, 0.25) is 5.91 Å². The van der Waals surface area contributed by atoms with Gasteiger partial charge in [-0.1, -0.05) is 5.57 Å². The number of carbonyl (C=O) groups excluding carboxylic acids is 2. The number of aliphatic hydroxyl groups excluding tert-OH is 1. The van der Waals surface area contributed by atoms with Gasteiger partial charge < -0.3 is 15.7 Å². The maximum atomic E-state index is 11.6. The van der Waals surface area contributed by atoms with Crippen molar-refractivity contribution in [3.63, 3.8) is 0 Å². The molecule has 0 bridgehead atoms. The molecule has 5 heteroatoms. The predicted molar refractivity (Wildman–Crippen MR) is 73.9 cm³/mol. The summed E-state index contributed by atoms with van der Waals surface area (Å²) in [6.45, 7) is 3.81. The van der Waals surface area contributed by atoms with Crippen LogP contribution in [0.15, 0.2) is 35.9 Å². The molecule has 0 radical (unpaired) electrons. The van der Waals surface area contributed by atoms with Crippen LogP contribution in [0.1, 0.15) is 24.2 Å². The average molecular weight is 262 g/mol. The van der Waals surface area contributed by atoms with Gasteiger partial charge in [-0.25, -0.2) is 0 Å². The predicted octanol–water partition coefficient (Wildman–Crippen LogP) is 1.31. The maximum Gasteiger partial charge on any atom is 0.251 e. The van der Waals surface area contributed by atoms with Crippen LogP contribution < -0.4 is 10.6 Å². The molecule has 102 valence electrons. The minimum atomic E-state index is -0.253. The maximum absolute atomic E-state index is 11.6. The number of benzene rings is 1. The van der Waals surface area contributed by atoms with E-state index < -0.39 is 0 Å². The molecule has 0 aliphatic carbocycles. The molecule has 0 aliphatic heterocycles. The molecule has 5 nitrogen and oxygen atoms in total. The highest BCUT2D eigenvalue weighted by Crippen LogP contribution is 2.09. The number of aliphatic hydroxyl groups is 1. The minimum absolute atomic E-state index is 0.0947. The first-order valence-electron chi connectivity index (χ1n) is 5.98. The monoisotopic (exact) mass is 262 g/mol. The van der Waals surface area contributed by atoms with Gasteiger partial charge in [-0.2, -0.15) is 0 Å². The van der Waals surface area contributed by atoms with E-state index in [1.165, 1.54) is 6.08 Å². The molecule has 0 spiro atoms. The molecule has 0 fully saturated rings. The van der Waals surface area contributed by atoms with Crippen molar-refractivity contribution in [3.05, 3.63) is 41.5 Å². The van der Waals surface area contributed by atoms with Crippen LogP contribution in [0.3, 0.4) is 0 Å². The highest BCUT2D eigenvalue weighted by atomic mass is 16.3. The number of anilines is 1. The van der Waals surface area contributed by atoms with Crippen LogP contribution in [-0.4, -0.2) is 30.1 Å². The number of carbonyl (C=O) groups is 2. The van der Waals surface area contributed by atoms with E-state index in [0.29, 0.717) is 11.3 Å². The first kappa shape index (κ1) is 14.9. The molecule has 0 unspecified atom stereocenters. The fourth-order valence-electron chi connectivity index (χ4n) is 1.42. The zero-order valence-corrected chi connectivity index (χ0v) is 11.1. The van der Waals surface area contributed by atoms with Crippen LogP contribution in [0, 0.1) is 0 Å². The van der Waals surface area contributed by atoms with Crippen LogP contribution in [0.4, 0.5) is 5.69 Å². The first-order chi connectivity index (χ1) is 9.02. The van der Waals surface area contributed by atoms with Crippen LogP contribution >= 0.6 is 0 Å². The molecule has 1 rings (SSSR count). The Balaban J connectivity index is 2.64. The number of amides is 2. The Hall–Kier alpha value is -2.14. The van der Waals surface area contributed by atoms with Crippen molar-refractivity contribution in [2.45, 2.75) is 13.8 Å². The van der Waals surface area contributed by atoms with Crippen molar-refractivity contribution in [1.82, 2.24) is 5.32 Å². The van der Waals surface area contributed by atoms with Crippen molar-refractivity contribution in [2.24, 2.45) is 0 Å². The summed E-state index contributed by atoms with van der Waals surface area (Å²) >= 11 is 0. The second kappa shape index (κ2) is 7.33. The Morgan fingerprint density at radius 1 is 1.21 bits per heavy atom. The van der Waals surface area contributed by atoms with Crippen LogP contribution in [0.5, 0.6) is 0 Å². The second-order valence-corrected chi connectivity index (χ2v) is 4.27. The summed E-state index contributed by atoms with van der Waals surface area (Å²) in [5.41, 5.74) is 2.02. The van der Waals surface area contributed by atoms with Gasteiger partial charge in [0, 0.05) is 23.9 Å².